The van der Waals surface area contributed by atoms with Crippen LogP contribution in [0.1, 0.15) is 24.3 Å². The van der Waals surface area contributed by atoms with E-state index in [9.17, 15) is 5.11 Å². The van der Waals surface area contributed by atoms with Gasteiger partial charge in [0.25, 0.3) is 0 Å². The smallest absolute Gasteiger partial charge is 0.123 e. The minimum atomic E-state index is -0.707. The van der Waals surface area contributed by atoms with Gasteiger partial charge in [-0.25, -0.2) is 0 Å². The molecule has 0 amide bonds. The van der Waals surface area contributed by atoms with Crippen LogP contribution in [0.3, 0.4) is 0 Å². The summed E-state index contributed by atoms with van der Waals surface area (Å²) >= 11 is 0. The Morgan fingerprint density at radius 2 is 2.05 bits per heavy atom. The molecule has 1 N–H and O–H groups in total. The van der Waals surface area contributed by atoms with Gasteiger partial charge in [0, 0.05) is 36.1 Å². The van der Waals surface area contributed by atoms with Gasteiger partial charge in [0.05, 0.1) is 5.69 Å². The summed E-state index contributed by atoms with van der Waals surface area (Å²) in [6.45, 7) is 2.74. The summed E-state index contributed by atoms with van der Waals surface area (Å²) in [5.74, 6) is 0. The van der Waals surface area contributed by atoms with Gasteiger partial charge in [-0.15, -0.1) is 0 Å². The lowest BCUT2D eigenvalue weighted by molar-refractivity contribution is 0.209. The summed E-state index contributed by atoms with van der Waals surface area (Å²) in [4.78, 5) is 4.21. The van der Waals surface area contributed by atoms with Gasteiger partial charge in [0.1, 0.15) is 6.10 Å². The van der Waals surface area contributed by atoms with Gasteiger partial charge in [-0.05, 0) is 18.4 Å². The van der Waals surface area contributed by atoms with Crippen molar-refractivity contribution in [3.8, 4) is 0 Å². The largest absolute Gasteiger partial charge is 0.382 e. The van der Waals surface area contributed by atoms with Crippen LogP contribution in [-0.4, -0.2) is 19.9 Å². The number of fused-ring (bicyclic) bond motifs is 1. The molecule has 0 aliphatic heterocycles. The minimum Gasteiger partial charge on any atom is -0.382 e. The fourth-order valence-electron chi connectivity index (χ4n) is 2.36. The Labute approximate surface area is 111 Å². The van der Waals surface area contributed by atoms with E-state index in [1.165, 1.54) is 0 Å². The number of aliphatic hydroxyl groups is 1. The Morgan fingerprint density at radius 3 is 2.89 bits per heavy atom. The fraction of sp³-hybridized carbons (Fsp3) is 0.200. The highest BCUT2D eigenvalue weighted by molar-refractivity contribution is 5.85. The molecule has 0 aliphatic carbocycles. The van der Waals surface area contributed by atoms with E-state index < -0.39 is 6.10 Å². The summed E-state index contributed by atoms with van der Waals surface area (Å²) in [6.07, 6.45) is 4.53. The summed E-state index contributed by atoms with van der Waals surface area (Å²) in [5.41, 5.74) is 1.61. The molecule has 0 fully saturated rings. The lowest BCUT2D eigenvalue weighted by Gasteiger charge is -2.14. The number of benzene rings is 1. The van der Waals surface area contributed by atoms with Gasteiger partial charge in [0.15, 0.2) is 0 Å². The maximum absolute atomic E-state index is 10.6. The maximum Gasteiger partial charge on any atom is 0.123 e. The third kappa shape index (κ3) is 2.00. The van der Waals surface area contributed by atoms with Crippen molar-refractivity contribution >= 4 is 10.8 Å². The molecule has 4 heteroatoms. The van der Waals surface area contributed by atoms with Crippen molar-refractivity contribution < 1.29 is 5.11 Å². The van der Waals surface area contributed by atoms with Crippen LogP contribution < -0.4 is 0 Å². The topological polar surface area (TPSA) is 50.9 Å². The molecular weight excluding hydrogens is 238 g/mol. The molecule has 19 heavy (non-hydrogen) atoms. The van der Waals surface area contributed by atoms with Crippen LogP contribution >= 0.6 is 0 Å². The van der Waals surface area contributed by atoms with E-state index in [2.05, 4.69) is 10.1 Å². The van der Waals surface area contributed by atoms with Crippen molar-refractivity contribution in [2.45, 2.75) is 19.6 Å². The second-order valence-electron chi connectivity index (χ2n) is 4.42. The van der Waals surface area contributed by atoms with Gasteiger partial charge in [-0.1, -0.05) is 24.3 Å². The summed E-state index contributed by atoms with van der Waals surface area (Å²) in [5, 5.41) is 16.8. The van der Waals surface area contributed by atoms with Crippen molar-refractivity contribution in [1.82, 2.24) is 14.8 Å². The predicted octanol–water partition coefficient (Wildman–Crippen LogP) is 2.53. The number of rotatable bonds is 3. The van der Waals surface area contributed by atoms with E-state index in [4.69, 9.17) is 0 Å². The number of hydrogen-bond acceptors (Lipinski definition) is 3. The number of pyridine rings is 1. The molecule has 0 bridgehead atoms. The van der Waals surface area contributed by atoms with Gasteiger partial charge >= 0.3 is 0 Å². The van der Waals surface area contributed by atoms with E-state index in [0.717, 1.165) is 28.6 Å². The predicted molar refractivity (Wildman–Crippen MR) is 73.7 cm³/mol. The Balaban J connectivity index is 2.14. The second kappa shape index (κ2) is 4.82. The number of aryl methyl sites for hydroxylation is 1. The van der Waals surface area contributed by atoms with Gasteiger partial charge in [-0.3, -0.25) is 9.67 Å². The van der Waals surface area contributed by atoms with Crippen molar-refractivity contribution in [3.05, 3.63) is 60.2 Å². The molecule has 1 aromatic carbocycles. The fourth-order valence-corrected chi connectivity index (χ4v) is 2.36. The third-order valence-electron chi connectivity index (χ3n) is 3.32. The van der Waals surface area contributed by atoms with Crippen LogP contribution in [0, 0.1) is 0 Å². The van der Waals surface area contributed by atoms with E-state index in [-0.39, 0.29) is 0 Å². The monoisotopic (exact) mass is 253 g/mol. The zero-order valence-electron chi connectivity index (χ0n) is 10.7. The molecule has 0 saturated heterocycles. The number of hydrogen-bond donors (Lipinski definition) is 1. The van der Waals surface area contributed by atoms with E-state index >= 15 is 0 Å². The van der Waals surface area contributed by atoms with E-state index in [0.29, 0.717) is 0 Å². The Kier molecular flexibility index (Phi) is 3.01. The lowest BCUT2D eigenvalue weighted by atomic mass is 10.0. The molecule has 0 spiro atoms. The molecule has 96 valence electrons. The lowest BCUT2D eigenvalue weighted by Crippen LogP contribution is -2.09. The summed E-state index contributed by atoms with van der Waals surface area (Å²) < 4.78 is 1.80. The minimum absolute atomic E-state index is 0.707. The zero-order valence-corrected chi connectivity index (χ0v) is 10.7. The highest BCUT2D eigenvalue weighted by atomic mass is 16.3. The SMILES string of the molecule is CCn1nccc1C(O)c1cncc2ccccc12. The molecular formula is C15H15N3O. The van der Waals surface area contributed by atoms with Crippen LogP contribution in [0.2, 0.25) is 0 Å². The molecule has 0 saturated carbocycles. The molecule has 2 heterocycles. The standard InChI is InChI=1S/C15H15N3O/c1-2-18-14(7-8-17-18)15(19)13-10-16-9-11-5-3-4-6-12(11)13/h3-10,15,19H,2H2,1H3. The van der Waals surface area contributed by atoms with Gasteiger partial charge < -0.3 is 5.11 Å². The average Bonchev–Trinajstić information content (AvgIpc) is 2.94. The second-order valence-corrected chi connectivity index (χ2v) is 4.42. The molecule has 1 unspecified atom stereocenters. The van der Waals surface area contributed by atoms with Crippen molar-refractivity contribution in [3.63, 3.8) is 0 Å². The first-order valence-corrected chi connectivity index (χ1v) is 6.33. The highest BCUT2D eigenvalue weighted by Crippen LogP contribution is 2.27. The molecule has 1 atom stereocenters. The molecule has 3 rings (SSSR count). The number of aliphatic hydroxyl groups excluding tert-OH is 1. The Hall–Kier alpha value is -2.20. The first-order chi connectivity index (χ1) is 9.31. The van der Waals surface area contributed by atoms with Gasteiger partial charge in [-0.2, -0.15) is 5.10 Å². The van der Waals surface area contributed by atoms with Crippen LogP contribution in [-0.2, 0) is 6.54 Å². The number of nitrogens with zero attached hydrogens (tertiary/aromatic N) is 3. The van der Waals surface area contributed by atoms with Crippen molar-refractivity contribution in [2.75, 3.05) is 0 Å². The quantitative estimate of drug-likeness (QED) is 0.780. The molecule has 2 aromatic heterocycles. The van der Waals surface area contributed by atoms with E-state index in [1.807, 2.05) is 43.5 Å². The zero-order chi connectivity index (χ0) is 13.2. The first-order valence-electron chi connectivity index (χ1n) is 6.33. The van der Waals surface area contributed by atoms with Crippen molar-refractivity contribution in [2.24, 2.45) is 0 Å². The molecule has 3 aromatic rings. The number of aromatic nitrogens is 3. The van der Waals surface area contributed by atoms with Crippen LogP contribution in [0.15, 0.2) is 48.9 Å². The Morgan fingerprint density at radius 1 is 1.21 bits per heavy atom. The average molecular weight is 253 g/mol. The summed E-state index contributed by atoms with van der Waals surface area (Å²) in [7, 11) is 0. The molecule has 4 nitrogen and oxygen atoms in total. The first kappa shape index (κ1) is 11.9. The normalized spacial score (nSPS) is 12.7. The summed E-state index contributed by atoms with van der Waals surface area (Å²) in [6, 6.07) is 9.78. The maximum atomic E-state index is 10.6. The van der Waals surface area contributed by atoms with E-state index in [1.54, 1.807) is 17.1 Å². The molecule has 0 radical (unpaired) electrons. The van der Waals surface area contributed by atoms with Crippen LogP contribution in [0.5, 0.6) is 0 Å². The van der Waals surface area contributed by atoms with Crippen LogP contribution in [0.25, 0.3) is 10.8 Å². The van der Waals surface area contributed by atoms with Crippen molar-refractivity contribution in [1.29, 1.82) is 0 Å². The highest BCUT2D eigenvalue weighted by Gasteiger charge is 2.17. The Bertz CT molecular complexity index is 700. The van der Waals surface area contributed by atoms with Gasteiger partial charge in [0.2, 0.25) is 0 Å². The van der Waals surface area contributed by atoms with Crippen LogP contribution in [0.4, 0.5) is 0 Å². The third-order valence-corrected chi connectivity index (χ3v) is 3.32. The molecule has 0 aliphatic rings.